The number of imidazole rings is 1. The van der Waals surface area contributed by atoms with Gasteiger partial charge in [0.25, 0.3) is 5.91 Å². The van der Waals surface area contributed by atoms with Crippen LogP contribution in [0.3, 0.4) is 0 Å². The summed E-state index contributed by atoms with van der Waals surface area (Å²) in [5.41, 5.74) is 12.6. The minimum absolute atomic E-state index is 0.249. The van der Waals surface area contributed by atoms with E-state index in [2.05, 4.69) is 20.3 Å². The molecule has 1 aromatic carbocycles. The van der Waals surface area contributed by atoms with Gasteiger partial charge >= 0.3 is 0 Å². The number of amides is 1. The molecule has 0 saturated heterocycles. The largest absolute Gasteiger partial charge is 0.492 e. The molecule has 4 atom stereocenters. The fraction of sp³-hybridized carbons (Fsp3) is 0.400. The number of nitrogens with zero attached hydrogens (tertiary/aromatic N) is 4. The first-order valence-corrected chi connectivity index (χ1v) is 10.0. The number of hydrogen-bond acceptors (Lipinski definition) is 9. The molecular formula is C20H25N7O4. The Morgan fingerprint density at radius 1 is 1.16 bits per heavy atom. The number of ether oxygens (including phenoxy) is 1. The third-order valence-corrected chi connectivity index (χ3v) is 5.49. The SMILES string of the molecule is NCCOc1ccc(C(=O)N[C@@H]2CC[C@@H](n3cnc4c(N)ncnc43)[C@@H](O)[C@@H]2O)cc1. The van der Waals surface area contributed by atoms with E-state index in [9.17, 15) is 15.0 Å². The molecule has 0 spiro atoms. The maximum absolute atomic E-state index is 12.6. The molecule has 0 unspecified atom stereocenters. The summed E-state index contributed by atoms with van der Waals surface area (Å²) < 4.78 is 7.10. The van der Waals surface area contributed by atoms with E-state index in [1.807, 2.05) is 0 Å². The van der Waals surface area contributed by atoms with Crippen LogP contribution in [0, 0.1) is 0 Å². The van der Waals surface area contributed by atoms with Crippen LogP contribution in [0.2, 0.25) is 0 Å². The third-order valence-electron chi connectivity index (χ3n) is 5.49. The van der Waals surface area contributed by atoms with E-state index in [-0.39, 0.29) is 11.7 Å². The minimum atomic E-state index is -1.16. The first-order chi connectivity index (χ1) is 15.0. The zero-order valence-corrected chi connectivity index (χ0v) is 16.8. The second kappa shape index (κ2) is 8.84. The second-order valence-corrected chi connectivity index (χ2v) is 7.45. The Morgan fingerprint density at radius 2 is 1.94 bits per heavy atom. The van der Waals surface area contributed by atoms with E-state index in [0.717, 1.165) is 0 Å². The number of aliphatic hydroxyl groups is 2. The van der Waals surface area contributed by atoms with Crippen LogP contribution in [-0.2, 0) is 0 Å². The molecule has 0 bridgehead atoms. The van der Waals surface area contributed by atoms with Crippen molar-refractivity contribution in [3.63, 3.8) is 0 Å². The number of nitrogens with one attached hydrogen (secondary N) is 1. The summed E-state index contributed by atoms with van der Waals surface area (Å²) in [6.45, 7) is 0.796. The summed E-state index contributed by atoms with van der Waals surface area (Å²) in [4.78, 5) is 24.9. The highest BCUT2D eigenvalue weighted by molar-refractivity contribution is 5.94. The van der Waals surface area contributed by atoms with Gasteiger partial charge in [-0.25, -0.2) is 15.0 Å². The predicted molar refractivity (Wildman–Crippen MR) is 112 cm³/mol. The molecular weight excluding hydrogens is 402 g/mol. The summed E-state index contributed by atoms with van der Waals surface area (Å²) in [6, 6.07) is 5.59. The van der Waals surface area contributed by atoms with Gasteiger partial charge in [0.05, 0.1) is 18.4 Å². The lowest BCUT2D eigenvalue weighted by Gasteiger charge is -2.38. The highest BCUT2D eigenvalue weighted by Gasteiger charge is 2.39. The van der Waals surface area contributed by atoms with Gasteiger partial charge in [0.1, 0.15) is 36.4 Å². The summed E-state index contributed by atoms with van der Waals surface area (Å²) in [6.07, 6.45) is 1.54. The van der Waals surface area contributed by atoms with Crippen molar-refractivity contribution in [2.24, 2.45) is 5.73 Å². The number of rotatable bonds is 6. The van der Waals surface area contributed by atoms with Crippen molar-refractivity contribution in [2.45, 2.75) is 37.1 Å². The van der Waals surface area contributed by atoms with Gasteiger partial charge in [0.2, 0.25) is 0 Å². The van der Waals surface area contributed by atoms with E-state index in [0.29, 0.717) is 48.5 Å². The summed E-state index contributed by atoms with van der Waals surface area (Å²) in [5, 5.41) is 24.3. The monoisotopic (exact) mass is 427 g/mol. The van der Waals surface area contributed by atoms with E-state index < -0.39 is 24.3 Å². The molecule has 7 N–H and O–H groups in total. The van der Waals surface area contributed by atoms with Crippen LogP contribution in [0.4, 0.5) is 5.82 Å². The third kappa shape index (κ3) is 4.15. The van der Waals surface area contributed by atoms with E-state index in [4.69, 9.17) is 16.2 Å². The quantitative estimate of drug-likeness (QED) is 0.350. The van der Waals surface area contributed by atoms with Crippen molar-refractivity contribution >= 4 is 22.9 Å². The van der Waals surface area contributed by atoms with Gasteiger partial charge in [-0.3, -0.25) is 4.79 Å². The molecule has 0 radical (unpaired) electrons. The Morgan fingerprint density at radius 3 is 2.68 bits per heavy atom. The van der Waals surface area contributed by atoms with Crippen molar-refractivity contribution in [3.05, 3.63) is 42.5 Å². The lowest BCUT2D eigenvalue weighted by atomic mass is 9.85. The lowest BCUT2D eigenvalue weighted by Crippen LogP contribution is -2.54. The molecule has 2 heterocycles. The number of carbonyl (C=O) groups is 1. The topological polar surface area (TPSA) is 174 Å². The Kier molecular flexibility index (Phi) is 5.98. The fourth-order valence-electron chi connectivity index (χ4n) is 3.86. The number of anilines is 1. The zero-order chi connectivity index (χ0) is 22.0. The highest BCUT2D eigenvalue weighted by atomic mass is 16.5. The molecule has 164 valence electrons. The van der Waals surface area contributed by atoms with E-state index in [1.54, 1.807) is 28.8 Å². The number of aliphatic hydroxyl groups excluding tert-OH is 2. The molecule has 4 rings (SSSR count). The number of nitrogens with two attached hydrogens (primary N) is 2. The van der Waals surface area contributed by atoms with Gasteiger partial charge in [-0.15, -0.1) is 0 Å². The van der Waals surface area contributed by atoms with Gasteiger partial charge < -0.3 is 36.3 Å². The van der Waals surface area contributed by atoms with Crippen LogP contribution < -0.4 is 21.5 Å². The number of carbonyl (C=O) groups excluding carboxylic acids is 1. The van der Waals surface area contributed by atoms with Gasteiger partial charge in [0, 0.05) is 12.1 Å². The Hall–Kier alpha value is -3.28. The fourth-order valence-corrected chi connectivity index (χ4v) is 3.86. The van der Waals surface area contributed by atoms with Gasteiger partial charge in [-0.1, -0.05) is 0 Å². The standard InChI is InChI=1S/C20H25N7O4/c21-7-8-31-12-3-1-11(2-4-12)20(30)26-13-5-6-14(17(29)16(13)28)27-10-25-15-18(22)23-9-24-19(15)27/h1-4,9-10,13-14,16-17,28-29H,5-8,21H2,(H,26,30)(H2,22,23,24)/t13-,14-,16-,17-/m1/s1. The smallest absolute Gasteiger partial charge is 0.251 e. The number of hydrogen-bond donors (Lipinski definition) is 5. The molecule has 11 nitrogen and oxygen atoms in total. The predicted octanol–water partition coefficient (Wildman–Crippen LogP) is -0.399. The van der Waals surface area contributed by atoms with E-state index in [1.165, 1.54) is 12.7 Å². The number of fused-ring (bicyclic) bond motifs is 1. The van der Waals surface area contributed by atoms with Gasteiger partial charge in [-0.05, 0) is 37.1 Å². The highest BCUT2D eigenvalue weighted by Crippen LogP contribution is 2.32. The Labute approximate surface area is 178 Å². The van der Waals surface area contributed by atoms with E-state index >= 15 is 0 Å². The molecule has 0 aliphatic heterocycles. The number of aromatic nitrogens is 4. The normalized spacial score (nSPS) is 23.6. The summed E-state index contributed by atoms with van der Waals surface area (Å²) in [5.74, 6) is 0.530. The zero-order valence-electron chi connectivity index (χ0n) is 16.8. The molecule has 1 aliphatic rings. The minimum Gasteiger partial charge on any atom is -0.492 e. The number of nitrogen functional groups attached to an aromatic ring is 1. The van der Waals surface area contributed by atoms with Crippen molar-refractivity contribution in [2.75, 3.05) is 18.9 Å². The van der Waals surface area contributed by atoms with Crippen LogP contribution in [0.25, 0.3) is 11.2 Å². The molecule has 11 heteroatoms. The molecule has 1 fully saturated rings. The second-order valence-electron chi connectivity index (χ2n) is 7.45. The number of benzene rings is 1. The molecule has 1 aliphatic carbocycles. The Balaban J connectivity index is 1.43. The van der Waals surface area contributed by atoms with Crippen LogP contribution in [0.1, 0.15) is 29.2 Å². The van der Waals surface area contributed by atoms with Crippen molar-refractivity contribution in [1.29, 1.82) is 0 Å². The molecule has 3 aromatic rings. The molecule has 31 heavy (non-hydrogen) atoms. The van der Waals surface area contributed by atoms with Crippen LogP contribution in [-0.4, -0.2) is 67.0 Å². The molecule has 1 amide bonds. The average Bonchev–Trinajstić information content (AvgIpc) is 3.21. The maximum atomic E-state index is 12.6. The maximum Gasteiger partial charge on any atom is 0.251 e. The first-order valence-electron chi connectivity index (χ1n) is 10.0. The summed E-state index contributed by atoms with van der Waals surface area (Å²) >= 11 is 0. The van der Waals surface area contributed by atoms with Gasteiger partial charge in [-0.2, -0.15) is 0 Å². The van der Waals surface area contributed by atoms with Crippen LogP contribution >= 0.6 is 0 Å². The van der Waals surface area contributed by atoms with Gasteiger partial charge in [0.15, 0.2) is 11.5 Å². The van der Waals surface area contributed by atoms with Crippen LogP contribution in [0.5, 0.6) is 5.75 Å². The van der Waals surface area contributed by atoms with Crippen molar-refractivity contribution in [1.82, 2.24) is 24.8 Å². The summed E-state index contributed by atoms with van der Waals surface area (Å²) in [7, 11) is 0. The molecule has 2 aromatic heterocycles. The Bertz CT molecular complexity index is 1060. The average molecular weight is 427 g/mol. The molecule has 1 saturated carbocycles. The first kappa shape index (κ1) is 21.0. The van der Waals surface area contributed by atoms with Crippen molar-refractivity contribution < 1.29 is 19.7 Å². The van der Waals surface area contributed by atoms with Crippen molar-refractivity contribution in [3.8, 4) is 5.75 Å². The lowest BCUT2D eigenvalue weighted by molar-refractivity contribution is -0.0552. The van der Waals surface area contributed by atoms with Crippen LogP contribution in [0.15, 0.2) is 36.9 Å².